The van der Waals surface area contributed by atoms with Crippen LogP contribution < -0.4 is 5.32 Å². The van der Waals surface area contributed by atoms with Gasteiger partial charge in [-0.2, -0.15) is 0 Å². The van der Waals surface area contributed by atoms with Crippen molar-refractivity contribution in [1.29, 1.82) is 0 Å². The van der Waals surface area contributed by atoms with Gasteiger partial charge in [0.05, 0.1) is 11.3 Å². The van der Waals surface area contributed by atoms with Crippen LogP contribution >= 0.6 is 22.9 Å². The van der Waals surface area contributed by atoms with E-state index in [0.29, 0.717) is 10.6 Å². The number of carbonyl (C=O) groups is 1. The third-order valence-corrected chi connectivity index (χ3v) is 3.66. The fourth-order valence-corrected chi connectivity index (χ4v) is 2.73. The number of aryl methyl sites for hydroxylation is 2. The van der Waals surface area contributed by atoms with Crippen LogP contribution in [0.1, 0.15) is 20.1 Å². The first-order chi connectivity index (χ1) is 8.47. The maximum atomic E-state index is 13.5. The summed E-state index contributed by atoms with van der Waals surface area (Å²) in [6, 6.07) is 5.84. The fraction of sp³-hybridized carbons (Fsp3) is 0.154. The molecular weight excluding hydrogens is 273 g/mol. The number of hydrogen-bond acceptors (Lipinski definition) is 2. The van der Waals surface area contributed by atoms with Crippen LogP contribution in [0.15, 0.2) is 24.3 Å². The van der Waals surface area contributed by atoms with E-state index in [4.69, 9.17) is 11.6 Å². The number of anilines is 1. The van der Waals surface area contributed by atoms with Crippen LogP contribution in [0.5, 0.6) is 0 Å². The van der Waals surface area contributed by atoms with Crippen molar-refractivity contribution in [3.63, 3.8) is 0 Å². The van der Waals surface area contributed by atoms with Crippen molar-refractivity contribution in [3.8, 4) is 0 Å². The molecule has 2 aromatic rings. The van der Waals surface area contributed by atoms with E-state index >= 15 is 0 Å². The second kappa shape index (κ2) is 5.08. The summed E-state index contributed by atoms with van der Waals surface area (Å²) < 4.78 is 13.5. The largest absolute Gasteiger partial charge is 0.319 e. The number of hydrogen-bond donors (Lipinski definition) is 1. The second-order valence-corrected chi connectivity index (χ2v) is 5.80. The second-order valence-electron chi connectivity index (χ2n) is 3.91. The first-order valence-corrected chi connectivity index (χ1v) is 6.50. The van der Waals surface area contributed by atoms with E-state index in [9.17, 15) is 9.18 Å². The Balaban J connectivity index is 2.26. The minimum absolute atomic E-state index is 0.0933. The van der Waals surface area contributed by atoms with Crippen LogP contribution in [-0.4, -0.2) is 5.91 Å². The Hall–Kier alpha value is -1.39. The highest BCUT2D eigenvalue weighted by atomic mass is 35.5. The Labute approximate surface area is 113 Å². The molecule has 0 spiro atoms. The number of carbonyl (C=O) groups excluding carboxylic acids is 1. The molecule has 2 nitrogen and oxygen atoms in total. The molecule has 0 atom stereocenters. The highest BCUT2D eigenvalue weighted by Gasteiger charge is 2.14. The van der Waals surface area contributed by atoms with E-state index in [1.165, 1.54) is 29.5 Å². The molecule has 0 aliphatic heterocycles. The maximum Gasteiger partial charge on any atom is 0.256 e. The summed E-state index contributed by atoms with van der Waals surface area (Å²) in [6.45, 7) is 3.79. The van der Waals surface area contributed by atoms with Gasteiger partial charge in [0.15, 0.2) is 0 Å². The lowest BCUT2D eigenvalue weighted by molar-refractivity contribution is 0.102. The van der Waals surface area contributed by atoms with Gasteiger partial charge in [-0.05, 0) is 38.1 Å². The van der Waals surface area contributed by atoms with Crippen molar-refractivity contribution in [3.05, 3.63) is 50.4 Å². The van der Waals surface area contributed by atoms with E-state index in [1.54, 1.807) is 6.07 Å². The smallest absolute Gasteiger partial charge is 0.256 e. The summed E-state index contributed by atoms with van der Waals surface area (Å²) in [7, 11) is 0. The molecule has 0 saturated carbocycles. The highest BCUT2D eigenvalue weighted by Crippen LogP contribution is 2.24. The molecule has 1 N–H and O–H groups in total. The Morgan fingerprint density at radius 2 is 2.06 bits per heavy atom. The average Bonchev–Trinajstić information content (AvgIpc) is 2.63. The average molecular weight is 284 g/mol. The molecule has 0 aliphatic carbocycles. The van der Waals surface area contributed by atoms with E-state index in [-0.39, 0.29) is 11.6 Å². The summed E-state index contributed by atoms with van der Waals surface area (Å²) in [5.41, 5.74) is 0.660. The van der Waals surface area contributed by atoms with Gasteiger partial charge in [-0.3, -0.25) is 4.79 Å². The molecule has 94 valence electrons. The predicted octanol–water partition coefficient (Wildman–Crippen LogP) is 4.41. The zero-order valence-electron chi connectivity index (χ0n) is 9.88. The van der Waals surface area contributed by atoms with Gasteiger partial charge in [0.1, 0.15) is 5.82 Å². The summed E-state index contributed by atoms with van der Waals surface area (Å²) in [6.07, 6.45) is 0. The van der Waals surface area contributed by atoms with Gasteiger partial charge in [0, 0.05) is 14.8 Å². The number of nitrogens with one attached hydrogen (secondary N) is 1. The van der Waals surface area contributed by atoms with Crippen LogP contribution in [0, 0.1) is 19.7 Å². The molecule has 18 heavy (non-hydrogen) atoms. The molecular formula is C13H11ClFNOS. The molecule has 1 heterocycles. The van der Waals surface area contributed by atoms with Gasteiger partial charge in [-0.1, -0.05) is 11.6 Å². The van der Waals surface area contributed by atoms with Crippen LogP contribution in [0.4, 0.5) is 10.1 Å². The van der Waals surface area contributed by atoms with Crippen LogP contribution in [0.3, 0.4) is 0 Å². The van der Waals surface area contributed by atoms with Crippen LogP contribution in [0.2, 0.25) is 5.02 Å². The summed E-state index contributed by atoms with van der Waals surface area (Å²) in [5, 5.41) is 2.91. The number of halogens is 2. The van der Waals surface area contributed by atoms with Gasteiger partial charge >= 0.3 is 0 Å². The molecule has 1 aromatic heterocycles. The standard InChI is InChI=1S/C13H11ClFNOS/c1-7-5-10(8(2)18-7)13(17)16-12-6-9(14)3-4-11(12)15/h3-6H,1-2H3,(H,16,17). The van der Waals surface area contributed by atoms with E-state index in [1.807, 2.05) is 13.8 Å². The van der Waals surface area contributed by atoms with Crippen LogP contribution in [0.25, 0.3) is 0 Å². The Bertz CT molecular complexity index is 609. The Morgan fingerprint density at radius 3 is 2.67 bits per heavy atom. The molecule has 2 rings (SSSR count). The normalized spacial score (nSPS) is 10.4. The molecule has 5 heteroatoms. The monoisotopic (exact) mass is 283 g/mol. The minimum atomic E-state index is -0.502. The summed E-state index contributed by atoms with van der Waals surface area (Å²) >= 11 is 7.30. The lowest BCUT2D eigenvalue weighted by Gasteiger charge is -2.06. The molecule has 0 saturated heterocycles. The first kappa shape index (κ1) is 13.1. The molecule has 0 bridgehead atoms. The minimum Gasteiger partial charge on any atom is -0.319 e. The topological polar surface area (TPSA) is 29.1 Å². The molecule has 1 aromatic carbocycles. The third-order valence-electron chi connectivity index (χ3n) is 2.46. The third kappa shape index (κ3) is 2.71. The summed E-state index contributed by atoms with van der Waals surface area (Å²) in [5.74, 6) is -0.824. The SMILES string of the molecule is Cc1cc(C(=O)Nc2cc(Cl)ccc2F)c(C)s1. The molecule has 0 radical (unpaired) electrons. The van der Waals surface area contributed by atoms with Gasteiger partial charge in [0.2, 0.25) is 0 Å². The number of amides is 1. The molecule has 0 fully saturated rings. The van der Waals surface area contributed by atoms with E-state index < -0.39 is 5.82 Å². The van der Waals surface area contributed by atoms with Gasteiger partial charge in [-0.15, -0.1) is 11.3 Å². The summed E-state index contributed by atoms with van der Waals surface area (Å²) in [4.78, 5) is 14.0. The number of rotatable bonds is 2. The van der Waals surface area contributed by atoms with Crippen molar-refractivity contribution >= 4 is 34.5 Å². The van der Waals surface area contributed by atoms with Crippen molar-refractivity contribution in [2.45, 2.75) is 13.8 Å². The van der Waals surface area contributed by atoms with Crippen molar-refractivity contribution < 1.29 is 9.18 Å². The zero-order valence-corrected chi connectivity index (χ0v) is 11.5. The van der Waals surface area contributed by atoms with Gasteiger partial charge in [0.25, 0.3) is 5.91 Å². The fourth-order valence-electron chi connectivity index (χ4n) is 1.64. The Kier molecular flexibility index (Phi) is 3.68. The molecule has 0 unspecified atom stereocenters. The van der Waals surface area contributed by atoms with E-state index in [0.717, 1.165) is 9.75 Å². The molecule has 1 amide bonds. The van der Waals surface area contributed by atoms with Crippen LogP contribution in [-0.2, 0) is 0 Å². The van der Waals surface area contributed by atoms with Crippen molar-refractivity contribution in [2.75, 3.05) is 5.32 Å². The van der Waals surface area contributed by atoms with Gasteiger partial charge < -0.3 is 5.32 Å². The predicted molar refractivity (Wildman–Crippen MR) is 73.2 cm³/mol. The van der Waals surface area contributed by atoms with Gasteiger partial charge in [-0.25, -0.2) is 4.39 Å². The number of benzene rings is 1. The highest BCUT2D eigenvalue weighted by molar-refractivity contribution is 7.12. The van der Waals surface area contributed by atoms with Crippen molar-refractivity contribution in [1.82, 2.24) is 0 Å². The zero-order chi connectivity index (χ0) is 13.3. The number of thiophene rings is 1. The lowest BCUT2D eigenvalue weighted by Crippen LogP contribution is -2.13. The lowest BCUT2D eigenvalue weighted by atomic mass is 10.2. The quantitative estimate of drug-likeness (QED) is 0.869. The first-order valence-electron chi connectivity index (χ1n) is 5.31. The maximum absolute atomic E-state index is 13.5. The Morgan fingerprint density at radius 1 is 1.33 bits per heavy atom. The van der Waals surface area contributed by atoms with Crippen molar-refractivity contribution in [2.24, 2.45) is 0 Å². The van der Waals surface area contributed by atoms with E-state index in [2.05, 4.69) is 5.32 Å². The molecule has 0 aliphatic rings.